The number of amides is 1. The average molecular weight is 281 g/mol. The van der Waals surface area contributed by atoms with Crippen LogP contribution in [0.2, 0.25) is 0 Å². The first-order valence-corrected chi connectivity index (χ1v) is 6.53. The van der Waals surface area contributed by atoms with Crippen LogP contribution in [-0.2, 0) is 0 Å². The van der Waals surface area contributed by atoms with Gasteiger partial charge in [0.05, 0.1) is 0 Å². The lowest BCUT2D eigenvalue weighted by Crippen LogP contribution is -2.13. The average Bonchev–Trinajstić information content (AvgIpc) is 2.94. The molecule has 3 rings (SSSR count). The van der Waals surface area contributed by atoms with Crippen molar-refractivity contribution >= 4 is 28.3 Å². The molecule has 0 aliphatic carbocycles. The predicted octanol–water partition coefficient (Wildman–Crippen LogP) is 2.28. The van der Waals surface area contributed by atoms with E-state index in [1.165, 1.54) is 0 Å². The maximum atomic E-state index is 12.3. The first-order chi connectivity index (χ1) is 10.1. The highest BCUT2D eigenvalue weighted by molar-refractivity contribution is 6.06. The highest BCUT2D eigenvalue weighted by Crippen LogP contribution is 2.18. The normalized spacial score (nSPS) is 10.6. The molecule has 0 aliphatic heterocycles. The lowest BCUT2D eigenvalue weighted by Gasteiger charge is -2.14. The number of hydrogen-bond donors (Lipinski definition) is 2. The molecule has 0 spiro atoms. The van der Waals surface area contributed by atoms with Gasteiger partial charge in [-0.2, -0.15) is 15.4 Å². The smallest absolute Gasteiger partial charge is 0.255 e. The van der Waals surface area contributed by atoms with E-state index in [1.54, 1.807) is 18.2 Å². The van der Waals surface area contributed by atoms with Gasteiger partial charge < -0.3 is 10.2 Å². The van der Waals surface area contributed by atoms with Crippen LogP contribution in [0.25, 0.3) is 11.0 Å². The Bertz CT molecular complexity index is 793. The number of anilines is 2. The molecule has 21 heavy (non-hydrogen) atoms. The minimum atomic E-state index is -0.171. The van der Waals surface area contributed by atoms with Gasteiger partial charge in [-0.05, 0) is 36.4 Å². The SMILES string of the molecule is CN(C)c1cccc(NC(=O)c2ccc3n[nH]nc3c2)c1. The number of carbonyl (C=O) groups is 1. The van der Waals surface area contributed by atoms with Crippen LogP contribution in [0.1, 0.15) is 10.4 Å². The molecule has 0 bridgehead atoms. The van der Waals surface area contributed by atoms with E-state index in [4.69, 9.17) is 0 Å². The van der Waals surface area contributed by atoms with E-state index in [9.17, 15) is 4.79 Å². The second-order valence-electron chi connectivity index (χ2n) is 4.93. The summed E-state index contributed by atoms with van der Waals surface area (Å²) in [6.07, 6.45) is 0. The highest BCUT2D eigenvalue weighted by atomic mass is 16.1. The van der Waals surface area contributed by atoms with Gasteiger partial charge in [0, 0.05) is 31.0 Å². The van der Waals surface area contributed by atoms with Crippen LogP contribution in [0.5, 0.6) is 0 Å². The molecule has 0 aliphatic rings. The third kappa shape index (κ3) is 2.69. The molecule has 0 saturated heterocycles. The first kappa shape index (κ1) is 13.1. The van der Waals surface area contributed by atoms with E-state index in [1.807, 2.05) is 43.3 Å². The summed E-state index contributed by atoms with van der Waals surface area (Å²) in [6, 6.07) is 12.9. The molecule has 1 amide bonds. The summed E-state index contributed by atoms with van der Waals surface area (Å²) in [6.45, 7) is 0. The maximum absolute atomic E-state index is 12.3. The molecule has 0 fully saturated rings. The molecule has 0 atom stereocenters. The zero-order valence-electron chi connectivity index (χ0n) is 11.8. The van der Waals surface area contributed by atoms with Crippen molar-refractivity contribution in [1.82, 2.24) is 15.4 Å². The van der Waals surface area contributed by atoms with Crippen LogP contribution in [-0.4, -0.2) is 35.4 Å². The minimum Gasteiger partial charge on any atom is -0.378 e. The summed E-state index contributed by atoms with van der Waals surface area (Å²) in [4.78, 5) is 14.3. The number of nitrogens with one attached hydrogen (secondary N) is 2. The second kappa shape index (κ2) is 5.24. The van der Waals surface area contributed by atoms with Crippen molar-refractivity contribution in [3.63, 3.8) is 0 Å². The van der Waals surface area contributed by atoms with Gasteiger partial charge in [0.1, 0.15) is 11.0 Å². The quantitative estimate of drug-likeness (QED) is 0.772. The lowest BCUT2D eigenvalue weighted by molar-refractivity contribution is 0.102. The number of carbonyl (C=O) groups excluding carboxylic acids is 1. The Labute approximate surface area is 121 Å². The van der Waals surface area contributed by atoms with Gasteiger partial charge in [0.15, 0.2) is 0 Å². The number of aromatic nitrogens is 3. The van der Waals surface area contributed by atoms with Crippen molar-refractivity contribution in [2.24, 2.45) is 0 Å². The summed E-state index contributed by atoms with van der Waals surface area (Å²) in [5.74, 6) is -0.171. The van der Waals surface area contributed by atoms with E-state index in [2.05, 4.69) is 20.7 Å². The fourth-order valence-electron chi connectivity index (χ4n) is 2.05. The number of aromatic amines is 1. The first-order valence-electron chi connectivity index (χ1n) is 6.53. The molecule has 2 N–H and O–H groups in total. The predicted molar refractivity (Wildman–Crippen MR) is 82.6 cm³/mol. The molecule has 0 unspecified atom stereocenters. The van der Waals surface area contributed by atoms with Gasteiger partial charge >= 0.3 is 0 Å². The molecule has 3 aromatic rings. The van der Waals surface area contributed by atoms with E-state index < -0.39 is 0 Å². The van der Waals surface area contributed by atoms with E-state index in [0.717, 1.165) is 16.9 Å². The Morgan fingerprint density at radius 1 is 1.10 bits per heavy atom. The number of nitrogens with zero attached hydrogens (tertiary/aromatic N) is 3. The van der Waals surface area contributed by atoms with E-state index >= 15 is 0 Å². The molecule has 1 heterocycles. The van der Waals surface area contributed by atoms with Crippen LogP contribution in [0.4, 0.5) is 11.4 Å². The van der Waals surface area contributed by atoms with Crippen LogP contribution >= 0.6 is 0 Å². The lowest BCUT2D eigenvalue weighted by atomic mass is 10.2. The molecule has 0 radical (unpaired) electrons. The number of H-pyrrole nitrogens is 1. The molecule has 6 heteroatoms. The van der Waals surface area contributed by atoms with Crippen LogP contribution < -0.4 is 10.2 Å². The van der Waals surface area contributed by atoms with Crippen LogP contribution in [0.15, 0.2) is 42.5 Å². The maximum Gasteiger partial charge on any atom is 0.255 e. The Kier molecular flexibility index (Phi) is 3.27. The Morgan fingerprint density at radius 2 is 1.90 bits per heavy atom. The Morgan fingerprint density at radius 3 is 2.71 bits per heavy atom. The monoisotopic (exact) mass is 281 g/mol. The van der Waals surface area contributed by atoms with Crippen molar-refractivity contribution in [2.75, 3.05) is 24.3 Å². The van der Waals surface area contributed by atoms with Crippen LogP contribution in [0.3, 0.4) is 0 Å². The van der Waals surface area contributed by atoms with Gasteiger partial charge in [-0.3, -0.25) is 4.79 Å². The molecular formula is C15H15N5O. The summed E-state index contributed by atoms with van der Waals surface area (Å²) in [5, 5.41) is 13.4. The largest absolute Gasteiger partial charge is 0.378 e. The third-order valence-corrected chi connectivity index (χ3v) is 3.20. The number of hydrogen-bond acceptors (Lipinski definition) is 4. The second-order valence-corrected chi connectivity index (χ2v) is 4.93. The minimum absolute atomic E-state index is 0.171. The molecule has 2 aromatic carbocycles. The summed E-state index contributed by atoms with van der Waals surface area (Å²) >= 11 is 0. The Hall–Kier alpha value is -2.89. The number of rotatable bonds is 3. The third-order valence-electron chi connectivity index (χ3n) is 3.20. The summed E-state index contributed by atoms with van der Waals surface area (Å²) < 4.78 is 0. The van der Waals surface area contributed by atoms with Gasteiger partial charge in [-0.15, -0.1) is 0 Å². The molecule has 1 aromatic heterocycles. The van der Waals surface area contributed by atoms with Crippen molar-refractivity contribution in [2.45, 2.75) is 0 Å². The molecule has 0 saturated carbocycles. The zero-order valence-corrected chi connectivity index (χ0v) is 11.8. The van der Waals surface area contributed by atoms with E-state index in [-0.39, 0.29) is 5.91 Å². The van der Waals surface area contributed by atoms with E-state index in [0.29, 0.717) is 11.1 Å². The molecule has 6 nitrogen and oxygen atoms in total. The van der Waals surface area contributed by atoms with Gasteiger partial charge in [0.25, 0.3) is 5.91 Å². The number of benzene rings is 2. The topological polar surface area (TPSA) is 73.9 Å². The number of fused-ring (bicyclic) bond motifs is 1. The van der Waals surface area contributed by atoms with Gasteiger partial charge in [0.2, 0.25) is 0 Å². The molecule has 106 valence electrons. The highest BCUT2D eigenvalue weighted by Gasteiger charge is 2.09. The van der Waals surface area contributed by atoms with Gasteiger partial charge in [-0.25, -0.2) is 0 Å². The zero-order chi connectivity index (χ0) is 14.8. The van der Waals surface area contributed by atoms with Gasteiger partial charge in [-0.1, -0.05) is 6.07 Å². The molecular weight excluding hydrogens is 266 g/mol. The van der Waals surface area contributed by atoms with Crippen molar-refractivity contribution in [3.8, 4) is 0 Å². The fraction of sp³-hybridized carbons (Fsp3) is 0.133. The standard InChI is InChI=1S/C15H15N5O/c1-20(2)12-5-3-4-11(9-12)16-15(21)10-6-7-13-14(8-10)18-19-17-13/h3-9H,1-2H3,(H,16,21)(H,17,18,19). The Balaban J connectivity index is 1.83. The van der Waals surface area contributed by atoms with Crippen molar-refractivity contribution in [3.05, 3.63) is 48.0 Å². The summed E-state index contributed by atoms with van der Waals surface area (Å²) in [5.41, 5.74) is 3.74. The van der Waals surface area contributed by atoms with Crippen molar-refractivity contribution < 1.29 is 4.79 Å². The van der Waals surface area contributed by atoms with Crippen LogP contribution in [0, 0.1) is 0 Å². The van der Waals surface area contributed by atoms with Crippen molar-refractivity contribution in [1.29, 1.82) is 0 Å². The summed E-state index contributed by atoms with van der Waals surface area (Å²) in [7, 11) is 3.92. The fourth-order valence-corrected chi connectivity index (χ4v) is 2.05.